The number of aryl methyl sites for hydroxylation is 1. The molecule has 28 heavy (non-hydrogen) atoms. The van der Waals surface area contributed by atoms with Crippen LogP contribution in [0, 0.1) is 6.92 Å². The minimum Gasteiger partial charge on any atom is -0.465 e. The van der Waals surface area contributed by atoms with Gasteiger partial charge < -0.3 is 13.6 Å². The minimum absolute atomic E-state index is 0.0115. The van der Waals surface area contributed by atoms with E-state index in [4.69, 9.17) is 13.6 Å². The molecule has 1 aromatic carbocycles. The van der Waals surface area contributed by atoms with Crippen molar-refractivity contribution in [1.82, 2.24) is 9.29 Å². The molecule has 0 bridgehead atoms. The number of carbonyl (C=O) groups is 1. The van der Waals surface area contributed by atoms with Gasteiger partial charge in [0.05, 0.1) is 23.6 Å². The Morgan fingerprint density at radius 2 is 2.00 bits per heavy atom. The van der Waals surface area contributed by atoms with E-state index < -0.39 is 21.7 Å². The van der Waals surface area contributed by atoms with Gasteiger partial charge in [0.15, 0.2) is 5.58 Å². The Hall–Kier alpha value is -2.85. The van der Waals surface area contributed by atoms with Gasteiger partial charge in [0.25, 0.3) is 0 Å². The van der Waals surface area contributed by atoms with E-state index in [1.165, 1.54) is 18.2 Å². The van der Waals surface area contributed by atoms with Crippen LogP contribution in [0.5, 0.6) is 0 Å². The molecule has 0 aliphatic rings. The smallest absolute Gasteiger partial charge is 0.420 e. The van der Waals surface area contributed by atoms with E-state index in [9.17, 15) is 18.0 Å². The monoisotopic (exact) mass is 408 g/mol. The number of nitrogens with one attached hydrogen (secondary N) is 1. The molecule has 0 fully saturated rings. The number of hydrogen-bond donors (Lipinski definition) is 1. The molecule has 10 heteroatoms. The molecule has 0 radical (unpaired) electrons. The van der Waals surface area contributed by atoms with Crippen molar-refractivity contribution in [3.05, 3.63) is 52.4 Å². The van der Waals surface area contributed by atoms with E-state index in [1.807, 2.05) is 6.92 Å². The molecule has 0 spiro atoms. The average Bonchev–Trinajstić information content (AvgIpc) is 3.21. The van der Waals surface area contributed by atoms with Gasteiger partial charge in [-0.15, -0.1) is 0 Å². The highest BCUT2D eigenvalue weighted by molar-refractivity contribution is 7.89. The molecule has 0 unspecified atom stereocenters. The van der Waals surface area contributed by atoms with E-state index in [2.05, 4.69) is 4.72 Å². The van der Waals surface area contributed by atoms with Crippen molar-refractivity contribution in [1.29, 1.82) is 0 Å². The maximum absolute atomic E-state index is 12.5. The van der Waals surface area contributed by atoms with E-state index in [0.717, 1.165) is 4.57 Å². The molecule has 150 valence electrons. The Labute approximate surface area is 160 Å². The van der Waals surface area contributed by atoms with Crippen LogP contribution in [0.4, 0.5) is 0 Å². The van der Waals surface area contributed by atoms with Crippen molar-refractivity contribution < 1.29 is 26.8 Å². The lowest BCUT2D eigenvalue weighted by molar-refractivity contribution is -0.144. The van der Waals surface area contributed by atoms with Crippen LogP contribution >= 0.6 is 0 Å². The number of furan rings is 1. The summed E-state index contributed by atoms with van der Waals surface area (Å²) in [4.78, 5) is 23.7. The quantitative estimate of drug-likeness (QED) is 0.565. The second-order valence-corrected chi connectivity index (χ2v) is 7.91. The highest BCUT2D eigenvalue weighted by Gasteiger charge is 2.19. The molecule has 0 saturated carbocycles. The minimum atomic E-state index is -3.85. The van der Waals surface area contributed by atoms with Crippen LogP contribution in [-0.4, -0.2) is 25.6 Å². The first-order chi connectivity index (χ1) is 13.3. The second-order valence-electron chi connectivity index (χ2n) is 6.14. The van der Waals surface area contributed by atoms with Gasteiger partial charge in [-0.25, -0.2) is 17.9 Å². The second kappa shape index (κ2) is 8.03. The van der Waals surface area contributed by atoms with Crippen molar-refractivity contribution in [2.24, 2.45) is 0 Å². The summed E-state index contributed by atoms with van der Waals surface area (Å²) in [5.74, 6) is -0.183. The summed E-state index contributed by atoms with van der Waals surface area (Å²) in [5.41, 5.74) is 0.365. The van der Waals surface area contributed by atoms with E-state index in [-0.39, 0.29) is 30.2 Å². The topological polar surface area (TPSA) is 121 Å². The third kappa shape index (κ3) is 4.34. The van der Waals surface area contributed by atoms with Crippen LogP contribution in [0.2, 0.25) is 0 Å². The Morgan fingerprint density at radius 1 is 1.21 bits per heavy atom. The zero-order valence-electron chi connectivity index (χ0n) is 15.4. The number of fused-ring (bicyclic) bond motifs is 1. The standard InChI is InChI=1S/C18H20N2O7S/c1-3-8-25-17(21)11-20-15-7-6-14(9-16(15)27-18(20)22)28(23,24)19-10-13-5-4-12(2)26-13/h4-7,9,19H,3,8,10-11H2,1-2H3. The van der Waals surface area contributed by atoms with Gasteiger partial charge in [-0.3, -0.25) is 9.36 Å². The number of ether oxygens (including phenoxy) is 1. The third-order valence-electron chi connectivity index (χ3n) is 3.94. The Balaban J connectivity index is 1.82. The number of sulfonamides is 1. The fourth-order valence-corrected chi connectivity index (χ4v) is 3.59. The highest BCUT2D eigenvalue weighted by atomic mass is 32.2. The Kier molecular flexibility index (Phi) is 5.71. The molecule has 1 N–H and O–H groups in total. The molecule has 3 aromatic rings. The van der Waals surface area contributed by atoms with Crippen LogP contribution in [0.25, 0.3) is 11.1 Å². The van der Waals surface area contributed by atoms with Crippen LogP contribution in [0.15, 0.2) is 48.9 Å². The van der Waals surface area contributed by atoms with Gasteiger partial charge in [-0.2, -0.15) is 0 Å². The lowest BCUT2D eigenvalue weighted by Crippen LogP contribution is -2.23. The maximum atomic E-state index is 12.5. The number of benzene rings is 1. The number of oxazole rings is 1. The fraction of sp³-hybridized carbons (Fsp3) is 0.333. The summed E-state index contributed by atoms with van der Waals surface area (Å²) in [6.45, 7) is 3.55. The number of hydrogen-bond acceptors (Lipinski definition) is 7. The van der Waals surface area contributed by atoms with Crippen molar-refractivity contribution in [3.63, 3.8) is 0 Å². The Morgan fingerprint density at radius 3 is 2.68 bits per heavy atom. The van der Waals surface area contributed by atoms with Crippen molar-refractivity contribution >= 4 is 27.1 Å². The summed E-state index contributed by atoms with van der Waals surface area (Å²) in [6.07, 6.45) is 0.665. The van der Waals surface area contributed by atoms with Crippen molar-refractivity contribution in [2.45, 2.75) is 38.3 Å². The first-order valence-electron chi connectivity index (χ1n) is 8.64. The summed E-state index contributed by atoms with van der Waals surface area (Å²) < 4.78 is 43.9. The SMILES string of the molecule is CCCOC(=O)Cn1c(=O)oc2cc(S(=O)(=O)NCc3ccc(C)o3)ccc21. The first-order valence-corrected chi connectivity index (χ1v) is 10.1. The highest BCUT2D eigenvalue weighted by Crippen LogP contribution is 2.19. The van der Waals surface area contributed by atoms with Gasteiger partial charge in [0.1, 0.15) is 18.1 Å². The molecule has 0 saturated heterocycles. The molecule has 2 heterocycles. The lowest BCUT2D eigenvalue weighted by Gasteiger charge is -2.06. The number of nitrogens with zero attached hydrogens (tertiary/aromatic N) is 1. The van der Waals surface area contributed by atoms with E-state index in [0.29, 0.717) is 23.5 Å². The first kappa shape index (κ1) is 19.9. The molecule has 0 amide bonds. The van der Waals surface area contributed by atoms with Gasteiger partial charge in [-0.05, 0) is 37.6 Å². The summed E-state index contributed by atoms with van der Waals surface area (Å²) in [6, 6.07) is 7.40. The van der Waals surface area contributed by atoms with Gasteiger partial charge in [0.2, 0.25) is 10.0 Å². The summed E-state index contributed by atoms with van der Waals surface area (Å²) in [5, 5.41) is 0. The molecular formula is C18H20N2O7S. The largest absolute Gasteiger partial charge is 0.465 e. The number of esters is 1. The number of aromatic nitrogens is 1. The van der Waals surface area contributed by atoms with Gasteiger partial charge >= 0.3 is 11.7 Å². The van der Waals surface area contributed by atoms with Crippen LogP contribution in [0.3, 0.4) is 0 Å². The molecule has 0 aliphatic carbocycles. The summed E-state index contributed by atoms with van der Waals surface area (Å²) >= 11 is 0. The molecule has 9 nitrogen and oxygen atoms in total. The molecule has 2 aromatic heterocycles. The zero-order valence-corrected chi connectivity index (χ0v) is 16.2. The van der Waals surface area contributed by atoms with E-state index in [1.54, 1.807) is 19.1 Å². The zero-order chi connectivity index (χ0) is 20.3. The van der Waals surface area contributed by atoms with Crippen molar-refractivity contribution in [2.75, 3.05) is 6.61 Å². The Bertz CT molecular complexity index is 1150. The van der Waals surface area contributed by atoms with Crippen LogP contribution in [0.1, 0.15) is 24.9 Å². The number of rotatable bonds is 8. The predicted octanol–water partition coefficient (Wildman–Crippen LogP) is 1.93. The summed E-state index contributed by atoms with van der Waals surface area (Å²) in [7, 11) is -3.85. The molecular weight excluding hydrogens is 388 g/mol. The maximum Gasteiger partial charge on any atom is 0.420 e. The normalized spacial score (nSPS) is 11.8. The fourth-order valence-electron chi connectivity index (χ4n) is 2.58. The molecule has 0 aliphatic heterocycles. The average molecular weight is 408 g/mol. The molecule has 0 atom stereocenters. The van der Waals surface area contributed by atoms with Crippen LogP contribution < -0.4 is 10.5 Å². The van der Waals surface area contributed by atoms with E-state index >= 15 is 0 Å². The van der Waals surface area contributed by atoms with Crippen LogP contribution in [-0.2, 0) is 32.6 Å². The lowest BCUT2D eigenvalue weighted by atomic mass is 10.3. The van der Waals surface area contributed by atoms with Gasteiger partial charge in [-0.1, -0.05) is 6.92 Å². The molecule has 3 rings (SSSR count). The van der Waals surface area contributed by atoms with Gasteiger partial charge in [0, 0.05) is 6.07 Å². The van der Waals surface area contributed by atoms with Crippen molar-refractivity contribution in [3.8, 4) is 0 Å². The predicted molar refractivity (Wildman–Crippen MR) is 99.2 cm³/mol. The number of carbonyl (C=O) groups excluding carboxylic acids is 1. The third-order valence-corrected chi connectivity index (χ3v) is 5.34.